The van der Waals surface area contributed by atoms with E-state index in [4.69, 9.17) is 10.1 Å². The van der Waals surface area contributed by atoms with Crippen LogP contribution < -0.4 is 0 Å². The molecule has 0 aliphatic carbocycles. The molecule has 1 amide bonds. The molecule has 2 heterocycles. The van der Waals surface area contributed by atoms with Crippen LogP contribution in [0, 0.1) is 0 Å². The van der Waals surface area contributed by atoms with Gasteiger partial charge in [-0.1, -0.05) is 56.1 Å². The average Bonchev–Trinajstić information content (AvgIpc) is 3.39. The molecular formula is C23H16Br2N4O. The number of fused-ring (bicyclic) bond motifs is 1. The SMILES string of the molecule is O=C(c1ccc(Br)cc1)N1N=C(c2ccc(Br)cc2)C[C@H]1c1nc2ccccc2[nH]1. The number of amides is 1. The summed E-state index contributed by atoms with van der Waals surface area (Å²) < 4.78 is 1.93. The molecule has 5 rings (SSSR count). The molecule has 0 saturated heterocycles. The number of hydrogen-bond donors (Lipinski definition) is 1. The zero-order chi connectivity index (χ0) is 20.7. The van der Waals surface area contributed by atoms with E-state index in [-0.39, 0.29) is 11.9 Å². The molecule has 1 aromatic heterocycles. The van der Waals surface area contributed by atoms with E-state index in [1.807, 2.05) is 60.7 Å². The Bertz CT molecular complexity index is 1230. The molecule has 1 atom stereocenters. The number of nitrogens with zero attached hydrogens (tertiary/aromatic N) is 3. The van der Waals surface area contributed by atoms with Crippen LogP contribution in [0.3, 0.4) is 0 Å². The topological polar surface area (TPSA) is 61.4 Å². The van der Waals surface area contributed by atoms with E-state index < -0.39 is 0 Å². The number of hydrazone groups is 1. The first-order valence-electron chi connectivity index (χ1n) is 9.46. The van der Waals surface area contributed by atoms with Gasteiger partial charge in [0.2, 0.25) is 0 Å². The fourth-order valence-corrected chi connectivity index (χ4v) is 4.11. The Kier molecular flexibility index (Phi) is 5.00. The molecule has 0 saturated carbocycles. The second-order valence-electron chi connectivity index (χ2n) is 7.07. The molecule has 30 heavy (non-hydrogen) atoms. The molecule has 0 unspecified atom stereocenters. The third-order valence-electron chi connectivity index (χ3n) is 5.11. The number of aromatic amines is 1. The van der Waals surface area contributed by atoms with E-state index in [1.165, 1.54) is 0 Å². The van der Waals surface area contributed by atoms with Crippen LogP contribution >= 0.6 is 31.9 Å². The number of rotatable bonds is 3. The number of nitrogens with one attached hydrogen (secondary N) is 1. The largest absolute Gasteiger partial charge is 0.340 e. The Morgan fingerprint density at radius 1 is 0.933 bits per heavy atom. The normalized spacial score (nSPS) is 16.1. The summed E-state index contributed by atoms with van der Waals surface area (Å²) in [5, 5.41) is 6.28. The third kappa shape index (κ3) is 3.59. The summed E-state index contributed by atoms with van der Waals surface area (Å²) in [5.41, 5.74) is 4.25. The lowest BCUT2D eigenvalue weighted by Crippen LogP contribution is -2.27. The number of carbonyl (C=O) groups is 1. The Balaban J connectivity index is 1.56. The molecular weight excluding hydrogens is 508 g/mol. The summed E-state index contributed by atoms with van der Waals surface area (Å²) >= 11 is 6.89. The molecule has 7 heteroatoms. The number of benzene rings is 3. The number of H-pyrrole nitrogens is 1. The average molecular weight is 524 g/mol. The van der Waals surface area contributed by atoms with Gasteiger partial charge in [0.25, 0.3) is 5.91 Å². The number of para-hydroxylation sites is 2. The monoisotopic (exact) mass is 522 g/mol. The molecule has 0 radical (unpaired) electrons. The van der Waals surface area contributed by atoms with E-state index in [1.54, 1.807) is 17.1 Å². The minimum Gasteiger partial charge on any atom is -0.340 e. The van der Waals surface area contributed by atoms with Crippen LogP contribution in [-0.4, -0.2) is 26.6 Å². The summed E-state index contributed by atoms with van der Waals surface area (Å²) in [6.45, 7) is 0. The second-order valence-corrected chi connectivity index (χ2v) is 8.90. The molecule has 4 aromatic rings. The van der Waals surface area contributed by atoms with Gasteiger partial charge < -0.3 is 4.98 Å². The zero-order valence-corrected chi connectivity index (χ0v) is 18.9. The number of imidazole rings is 1. The lowest BCUT2D eigenvalue weighted by Gasteiger charge is -2.20. The van der Waals surface area contributed by atoms with Gasteiger partial charge in [0.1, 0.15) is 11.9 Å². The predicted octanol–water partition coefficient (Wildman–Crippen LogP) is 6.08. The van der Waals surface area contributed by atoms with Gasteiger partial charge in [0.05, 0.1) is 16.7 Å². The standard InChI is InChI=1S/C23H16Br2N4O/c24-16-9-5-14(6-10-16)20-13-21(22-26-18-3-1-2-4-19(18)27-22)29(28-20)23(30)15-7-11-17(25)12-8-15/h1-12,21H,13H2,(H,26,27)/t21-/m0/s1. The van der Waals surface area contributed by atoms with Crippen molar-refractivity contribution in [2.75, 3.05) is 0 Å². The van der Waals surface area contributed by atoms with Gasteiger partial charge in [-0.3, -0.25) is 4.79 Å². The van der Waals surface area contributed by atoms with Crippen molar-refractivity contribution >= 4 is 54.5 Å². The van der Waals surface area contributed by atoms with E-state index in [9.17, 15) is 4.79 Å². The molecule has 5 nitrogen and oxygen atoms in total. The van der Waals surface area contributed by atoms with Crippen molar-refractivity contribution in [3.8, 4) is 0 Å². The Labute approximate surface area is 190 Å². The highest BCUT2D eigenvalue weighted by atomic mass is 79.9. The van der Waals surface area contributed by atoms with Crippen LogP contribution in [0.5, 0.6) is 0 Å². The number of carbonyl (C=O) groups excluding carboxylic acids is 1. The minimum absolute atomic E-state index is 0.153. The first-order valence-corrected chi connectivity index (χ1v) is 11.0. The predicted molar refractivity (Wildman–Crippen MR) is 124 cm³/mol. The Morgan fingerprint density at radius 2 is 1.60 bits per heavy atom. The van der Waals surface area contributed by atoms with Gasteiger partial charge in [-0.15, -0.1) is 0 Å². The fraction of sp³-hybridized carbons (Fsp3) is 0.0870. The van der Waals surface area contributed by atoms with Crippen LogP contribution in [0.15, 0.2) is 86.8 Å². The van der Waals surface area contributed by atoms with Gasteiger partial charge >= 0.3 is 0 Å². The first-order chi connectivity index (χ1) is 14.6. The van der Waals surface area contributed by atoms with Crippen molar-refractivity contribution in [1.29, 1.82) is 0 Å². The van der Waals surface area contributed by atoms with Crippen molar-refractivity contribution in [2.45, 2.75) is 12.5 Å². The first kappa shape index (κ1) is 19.2. The lowest BCUT2D eigenvalue weighted by atomic mass is 10.0. The van der Waals surface area contributed by atoms with E-state index in [0.717, 1.165) is 37.1 Å². The smallest absolute Gasteiger partial charge is 0.274 e. The van der Waals surface area contributed by atoms with Crippen molar-refractivity contribution < 1.29 is 4.79 Å². The van der Waals surface area contributed by atoms with Crippen LogP contribution in [-0.2, 0) is 0 Å². The number of aromatic nitrogens is 2. The maximum absolute atomic E-state index is 13.3. The Morgan fingerprint density at radius 3 is 2.30 bits per heavy atom. The lowest BCUT2D eigenvalue weighted by molar-refractivity contribution is 0.0705. The highest BCUT2D eigenvalue weighted by Crippen LogP contribution is 2.34. The van der Waals surface area contributed by atoms with Gasteiger partial charge in [-0.05, 0) is 54.1 Å². The summed E-state index contributed by atoms with van der Waals surface area (Å²) in [7, 11) is 0. The Hall–Kier alpha value is -2.77. The molecule has 0 spiro atoms. The van der Waals surface area contributed by atoms with E-state index in [0.29, 0.717) is 12.0 Å². The summed E-state index contributed by atoms with van der Waals surface area (Å²) in [4.78, 5) is 21.5. The van der Waals surface area contributed by atoms with Crippen molar-refractivity contribution in [2.24, 2.45) is 5.10 Å². The van der Waals surface area contributed by atoms with Crippen LogP contribution in [0.25, 0.3) is 11.0 Å². The molecule has 1 N–H and O–H groups in total. The fourth-order valence-electron chi connectivity index (χ4n) is 3.58. The number of halogens is 2. The second kappa shape index (κ2) is 7.81. The third-order valence-corrected chi connectivity index (χ3v) is 6.17. The molecule has 1 aliphatic rings. The van der Waals surface area contributed by atoms with Crippen molar-refractivity contribution in [1.82, 2.24) is 15.0 Å². The van der Waals surface area contributed by atoms with Gasteiger partial charge in [0, 0.05) is 20.9 Å². The molecule has 148 valence electrons. The molecule has 3 aromatic carbocycles. The van der Waals surface area contributed by atoms with Crippen molar-refractivity contribution in [3.63, 3.8) is 0 Å². The summed E-state index contributed by atoms with van der Waals surface area (Å²) in [5.74, 6) is 0.581. The number of hydrogen-bond acceptors (Lipinski definition) is 3. The summed E-state index contributed by atoms with van der Waals surface area (Å²) in [6, 6.07) is 22.9. The van der Waals surface area contributed by atoms with Gasteiger partial charge in [-0.25, -0.2) is 9.99 Å². The molecule has 0 bridgehead atoms. The van der Waals surface area contributed by atoms with Gasteiger partial charge in [-0.2, -0.15) is 5.10 Å². The van der Waals surface area contributed by atoms with E-state index in [2.05, 4.69) is 36.8 Å². The highest BCUT2D eigenvalue weighted by Gasteiger charge is 2.35. The van der Waals surface area contributed by atoms with Crippen LogP contribution in [0.4, 0.5) is 0 Å². The zero-order valence-electron chi connectivity index (χ0n) is 15.7. The van der Waals surface area contributed by atoms with E-state index >= 15 is 0 Å². The minimum atomic E-state index is -0.299. The van der Waals surface area contributed by atoms with Gasteiger partial charge in [0.15, 0.2) is 0 Å². The maximum Gasteiger partial charge on any atom is 0.274 e. The summed E-state index contributed by atoms with van der Waals surface area (Å²) in [6.07, 6.45) is 0.587. The van der Waals surface area contributed by atoms with Crippen LogP contribution in [0.2, 0.25) is 0 Å². The maximum atomic E-state index is 13.3. The van der Waals surface area contributed by atoms with Crippen molar-refractivity contribution in [3.05, 3.63) is 98.7 Å². The van der Waals surface area contributed by atoms with Crippen LogP contribution in [0.1, 0.15) is 34.2 Å². The quantitative estimate of drug-likeness (QED) is 0.353. The molecule has 1 aliphatic heterocycles. The molecule has 0 fully saturated rings. The highest BCUT2D eigenvalue weighted by molar-refractivity contribution is 9.10.